The second-order valence-electron chi connectivity index (χ2n) is 2.45. The zero-order valence-corrected chi connectivity index (χ0v) is 10.7. The molecule has 2 aromatic heterocycles. The van der Waals surface area contributed by atoms with E-state index in [0.717, 1.165) is 10.2 Å². The summed E-state index contributed by atoms with van der Waals surface area (Å²) in [5.41, 5.74) is 0. The Labute approximate surface area is 100 Å². The molecule has 4 heteroatoms. The monoisotopic (exact) mass is 290 g/mol. The van der Waals surface area contributed by atoms with Crippen LogP contribution in [0, 0.1) is 0 Å². The zero-order chi connectivity index (χ0) is 10.2. The second-order valence-corrected chi connectivity index (χ2v) is 5.08. The molecule has 0 spiro atoms. The third-order valence-electron chi connectivity index (χ3n) is 1.45. The van der Waals surface area contributed by atoms with Crippen molar-refractivity contribution >= 4 is 38.6 Å². The maximum absolute atomic E-state index is 8.44. The Morgan fingerprint density at radius 1 is 1.07 bits per heavy atom. The van der Waals surface area contributed by atoms with Gasteiger partial charge in [-0.15, -0.1) is 22.7 Å². The van der Waals surface area contributed by atoms with Gasteiger partial charge in [-0.3, -0.25) is 0 Å². The number of hydrogen-bond acceptors (Lipinski definition) is 3. The molecule has 0 aliphatic heterocycles. The Kier molecular flexibility index (Phi) is 6.10. The first-order chi connectivity index (χ1) is 6.86. The Morgan fingerprint density at radius 2 is 1.64 bits per heavy atom. The Morgan fingerprint density at radius 3 is 1.86 bits per heavy atom. The van der Waals surface area contributed by atoms with E-state index in [2.05, 4.69) is 33.4 Å². The fraction of sp³-hybridized carbons (Fsp3) is 0.200. The molecule has 14 heavy (non-hydrogen) atoms. The first kappa shape index (κ1) is 11.9. The van der Waals surface area contributed by atoms with E-state index in [1.807, 2.05) is 17.5 Å². The van der Waals surface area contributed by atoms with Gasteiger partial charge in [0.25, 0.3) is 0 Å². The molecule has 0 amide bonds. The van der Waals surface area contributed by atoms with Gasteiger partial charge in [-0.2, -0.15) is 0 Å². The summed E-state index contributed by atoms with van der Waals surface area (Å²) in [4.78, 5) is 2.42. The summed E-state index contributed by atoms with van der Waals surface area (Å²) in [6.45, 7) is 0.178. The zero-order valence-electron chi connectivity index (χ0n) is 7.52. The van der Waals surface area contributed by atoms with Crippen molar-refractivity contribution in [2.75, 3.05) is 0 Å². The minimum absolute atomic E-state index is 0.178. The van der Waals surface area contributed by atoms with E-state index in [-0.39, 0.29) is 6.61 Å². The van der Waals surface area contributed by atoms with E-state index in [1.54, 1.807) is 22.7 Å². The fourth-order valence-corrected chi connectivity index (χ4v) is 2.49. The molecule has 2 rings (SSSR count). The van der Waals surface area contributed by atoms with Gasteiger partial charge in [-0.1, -0.05) is 28.1 Å². The van der Waals surface area contributed by atoms with Crippen LogP contribution in [0.2, 0.25) is 0 Å². The highest BCUT2D eigenvalue weighted by Gasteiger charge is 1.84. The summed E-state index contributed by atoms with van der Waals surface area (Å²) in [7, 11) is 0. The summed E-state index contributed by atoms with van der Waals surface area (Å²) in [5.74, 6) is 0. The van der Waals surface area contributed by atoms with Gasteiger partial charge in [0.05, 0.1) is 6.61 Å². The van der Waals surface area contributed by atoms with Crippen LogP contribution in [0.4, 0.5) is 0 Å². The predicted octanol–water partition coefficient (Wildman–Crippen LogP) is 3.88. The van der Waals surface area contributed by atoms with Gasteiger partial charge < -0.3 is 5.11 Å². The van der Waals surface area contributed by atoms with Crippen LogP contribution in [0.5, 0.6) is 0 Å². The van der Waals surface area contributed by atoms with E-state index < -0.39 is 0 Å². The highest BCUT2D eigenvalue weighted by atomic mass is 79.9. The molecule has 0 saturated heterocycles. The molecule has 1 N–H and O–H groups in total. The number of rotatable bonds is 2. The quantitative estimate of drug-likeness (QED) is 0.832. The van der Waals surface area contributed by atoms with E-state index in [1.165, 1.54) is 4.88 Å². The van der Waals surface area contributed by atoms with Crippen molar-refractivity contribution < 1.29 is 5.11 Å². The van der Waals surface area contributed by atoms with Crippen LogP contribution in [-0.2, 0) is 11.9 Å². The van der Waals surface area contributed by atoms with Crippen molar-refractivity contribution in [3.8, 4) is 0 Å². The van der Waals surface area contributed by atoms with Gasteiger partial charge >= 0.3 is 0 Å². The molecule has 76 valence electrons. The largest absolute Gasteiger partial charge is 0.391 e. The standard InChI is InChI=1S/C5H5BrS.C5H6OS/c2*6-4-5-2-1-3-7-5/h1-3H,4H2;1-3,6H,4H2. The topological polar surface area (TPSA) is 20.2 Å². The smallest absolute Gasteiger partial charge is 0.0774 e. The highest BCUT2D eigenvalue weighted by Crippen LogP contribution is 2.11. The number of aliphatic hydroxyl groups excluding tert-OH is 1. The molecule has 2 aromatic rings. The lowest BCUT2D eigenvalue weighted by molar-refractivity contribution is 0.285. The van der Waals surface area contributed by atoms with Crippen LogP contribution in [0.15, 0.2) is 35.0 Å². The summed E-state index contributed by atoms with van der Waals surface area (Å²) < 4.78 is 0. The Bertz CT molecular complexity index is 282. The molecule has 0 aliphatic rings. The number of aliphatic hydroxyl groups is 1. The molecule has 0 aromatic carbocycles. The van der Waals surface area contributed by atoms with Crippen molar-refractivity contribution in [2.45, 2.75) is 11.9 Å². The summed E-state index contributed by atoms with van der Waals surface area (Å²) >= 11 is 6.70. The average molecular weight is 291 g/mol. The SMILES string of the molecule is BrCc1cccs1.OCc1cccs1. The van der Waals surface area contributed by atoms with Crippen LogP contribution >= 0.6 is 38.6 Å². The first-order valence-electron chi connectivity index (χ1n) is 4.08. The van der Waals surface area contributed by atoms with Gasteiger partial charge in [0.2, 0.25) is 0 Å². The molecule has 0 bridgehead atoms. The predicted molar refractivity (Wildman–Crippen MR) is 67.2 cm³/mol. The summed E-state index contributed by atoms with van der Waals surface area (Å²) in [6, 6.07) is 8.00. The van der Waals surface area contributed by atoms with Crippen molar-refractivity contribution in [1.82, 2.24) is 0 Å². The molecule has 0 radical (unpaired) electrons. The molecule has 0 fully saturated rings. The number of alkyl halides is 1. The normalized spacial score (nSPS) is 9.29. The number of thiophene rings is 2. The van der Waals surface area contributed by atoms with Gasteiger partial charge in [0.1, 0.15) is 0 Å². The van der Waals surface area contributed by atoms with Gasteiger partial charge in [0, 0.05) is 15.1 Å². The first-order valence-corrected chi connectivity index (χ1v) is 6.96. The number of hydrogen-bond donors (Lipinski definition) is 1. The fourth-order valence-electron chi connectivity index (χ4n) is 0.791. The van der Waals surface area contributed by atoms with Gasteiger partial charge in [0.15, 0.2) is 0 Å². The van der Waals surface area contributed by atoms with Crippen LogP contribution in [0.25, 0.3) is 0 Å². The minimum Gasteiger partial charge on any atom is -0.391 e. The lowest BCUT2D eigenvalue weighted by atomic mass is 10.5. The maximum atomic E-state index is 8.44. The second kappa shape index (κ2) is 7.17. The maximum Gasteiger partial charge on any atom is 0.0774 e. The Hall–Kier alpha value is -0.160. The molecule has 1 nitrogen and oxygen atoms in total. The molecular weight excluding hydrogens is 280 g/mol. The molecule has 0 aliphatic carbocycles. The lowest BCUT2D eigenvalue weighted by Gasteiger charge is -1.78. The van der Waals surface area contributed by atoms with E-state index in [9.17, 15) is 0 Å². The Balaban J connectivity index is 0.000000140. The molecule has 0 atom stereocenters. The van der Waals surface area contributed by atoms with Crippen molar-refractivity contribution in [1.29, 1.82) is 0 Å². The van der Waals surface area contributed by atoms with Crippen LogP contribution in [0.3, 0.4) is 0 Å². The van der Waals surface area contributed by atoms with Crippen LogP contribution in [0.1, 0.15) is 9.75 Å². The average Bonchev–Trinajstić information content (AvgIpc) is 2.92. The van der Waals surface area contributed by atoms with E-state index in [0.29, 0.717) is 0 Å². The minimum atomic E-state index is 0.178. The van der Waals surface area contributed by atoms with Gasteiger partial charge in [-0.25, -0.2) is 0 Å². The van der Waals surface area contributed by atoms with Crippen molar-refractivity contribution in [3.63, 3.8) is 0 Å². The van der Waals surface area contributed by atoms with E-state index in [4.69, 9.17) is 5.11 Å². The molecular formula is C10H11BrOS2. The highest BCUT2D eigenvalue weighted by molar-refractivity contribution is 9.08. The lowest BCUT2D eigenvalue weighted by Crippen LogP contribution is -1.69. The third-order valence-corrected chi connectivity index (χ3v) is 4.16. The molecule has 0 unspecified atom stereocenters. The number of halogens is 1. The van der Waals surface area contributed by atoms with Crippen molar-refractivity contribution in [2.24, 2.45) is 0 Å². The van der Waals surface area contributed by atoms with Crippen molar-refractivity contribution in [3.05, 3.63) is 44.8 Å². The summed E-state index contributed by atoms with van der Waals surface area (Å²) in [6.07, 6.45) is 0. The third kappa shape index (κ3) is 4.37. The van der Waals surface area contributed by atoms with Crippen LogP contribution < -0.4 is 0 Å². The summed E-state index contributed by atoms with van der Waals surface area (Å²) in [5, 5.41) is 13.5. The molecule has 0 saturated carbocycles. The van der Waals surface area contributed by atoms with E-state index >= 15 is 0 Å². The van der Waals surface area contributed by atoms with Gasteiger partial charge in [-0.05, 0) is 22.9 Å². The molecule has 2 heterocycles. The van der Waals surface area contributed by atoms with Crippen LogP contribution in [-0.4, -0.2) is 5.11 Å².